The summed E-state index contributed by atoms with van der Waals surface area (Å²) < 4.78 is 7.18. The van der Waals surface area contributed by atoms with Crippen molar-refractivity contribution in [1.29, 1.82) is 0 Å². The van der Waals surface area contributed by atoms with Crippen molar-refractivity contribution in [2.75, 3.05) is 26.2 Å². The molecule has 0 spiro atoms. The van der Waals surface area contributed by atoms with Crippen LogP contribution in [-0.4, -0.2) is 41.0 Å². The Morgan fingerprint density at radius 3 is 2.82 bits per heavy atom. The van der Waals surface area contributed by atoms with Crippen LogP contribution in [0.5, 0.6) is 10.9 Å². The lowest BCUT2D eigenvalue weighted by Crippen LogP contribution is -2.25. The molecule has 2 saturated heterocycles. The van der Waals surface area contributed by atoms with Crippen molar-refractivity contribution in [2.45, 2.75) is 6.54 Å². The first-order valence-corrected chi connectivity index (χ1v) is 10.7. The van der Waals surface area contributed by atoms with Crippen LogP contribution in [0.2, 0.25) is 0 Å². The highest BCUT2D eigenvalue weighted by atomic mass is 32.1. The average molecular weight is 391 g/mol. The van der Waals surface area contributed by atoms with E-state index in [1.807, 2.05) is 24.3 Å². The minimum absolute atomic E-state index is 0.685. The molecule has 2 aliphatic heterocycles. The predicted molar refractivity (Wildman–Crippen MR) is 113 cm³/mol. The van der Waals surface area contributed by atoms with Gasteiger partial charge in [-0.1, -0.05) is 23.5 Å². The third kappa shape index (κ3) is 2.89. The van der Waals surface area contributed by atoms with Gasteiger partial charge in [0.25, 0.3) is 5.19 Å². The first-order valence-electron chi connectivity index (χ1n) is 9.88. The Morgan fingerprint density at radius 1 is 1.11 bits per heavy atom. The summed E-state index contributed by atoms with van der Waals surface area (Å²) in [5.74, 6) is 2.49. The van der Waals surface area contributed by atoms with Crippen LogP contribution in [0.3, 0.4) is 0 Å². The second kappa shape index (κ2) is 6.58. The third-order valence-corrected chi connectivity index (χ3v) is 6.99. The second-order valence-electron chi connectivity index (χ2n) is 7.94. The van der Waals surface area contributed by atoms with Gasteiger partial charge < -0.3 is 15.0 Å². The molecule has 0 bridgehead atoms. The van der Waals surface area contributed by atoms with Gasteiger partial charge in [0.2, 0.25) is 0 Å². The van der Waals surface area contributed by atoms with Crippen LogP contribution in [0, 0.1) is 11.8 Å². The molecule has 2 unspecified atom stereocenters. The molecule has 0 amide bonds. The first kappa shape index (κ1) is 16.5. The van der Waals surface area contributed by atoms with Crippen LogP contribution in [0.1, 0.15) is 5.56 Å². The maximum Gasteiger partial charge on any atom is 0.279 e. The highest BCUT2D eigenvalue weighted by molar-refractivity contribution is 7.20. The summed E-state index contributed by atoms with van der Waals surface area (Å²) in [4.78, 5) is 10.6. The quantitative estimate of drug-likeness (QED) is 0.548. The smallest absolute Gasteiger partial charge is 0.279 e. The summed E-state index contributed by atoms with van der Waals surface area (Å²) in [5.41, 5.74) is 3.47. The summed E-state index contributed by atoms with van der Waals surface area (Å²) in [6, 6.07) is 14.4. The van der Waals surface area contributed by atoms with E-state index in [1.54, 1.807) is 11.3 Å². The minimum Gasteiger partial charge on any atom is -0.431 e. The van der Waals surface area contributed by atoms with Crippen molar-refractivity contribution in [2.24, 2.45) is 11.8 Å². The van der Waals surface area contributed by atoms with E-state index >= 15 is 0 Å². The van der Waals surface area contributed by atoms with Gasteiger partial charge in [0.05, 0.1) is 10.2 Å². The molecule has 2 aromatic heterocycles. The molecule has 5 nitrogen and oxygen atoms in total. The number of fused-ring (bicyclic) bond motifs is 3. The monoisotopic (exact) mass is 390 g/mol. The summed E-state index contributed by atoms with van der Waals surface area (Å²) >= 11 is 1.58. The van der Waals surface area contributed by atoms with Crippen LogP contribution < -0.4 is 10.1 Å². The lowest BCUT2D eigenvalue weighted by molar-refractivity contribution is 0.307. The Hall–Kier alpha value is -2.41. The molecule has 2 atom stereocenters. The molecule has 6 rings (SSSR count). The largest absolute Gasteiger partial charge is 0.431 e. The maximum absolute atomic E-state index is 6.03. The van der Waals surface area contributed by atoms with Gasteiger partial charge in [-0.3, -0.25) is 4.90 Å². The van der Waals surface area contributed by atoms with E-state index in [4.69, 9.17) is 4.74 Å². The van der Waals surface area contributed by atoms with E-state index in [-0.39, 0.29) is 0 Å². The van der Waals surface area contributed by atoms with Crippen LogP contribution in [0.15, 0.2) is 48.7 Å². The number of aromatic amines is 1. The summed E-state index contributed by atoms with van der Waals surface area (Å²) in [6.07, 6.45) is 2.15. The van der Waals surface area contributed by atoms with Crippen molar-refractivity contribution < 1.29 is 4.74 Å². The number of ether oxygens (including phenoxy) is 1. The number of hydrogen-bond acceptors (Lipinski definition) is 5. The molecule has 2 aromatic carbocycles. The number of rotatable bonds is 4. The zero-order chi connectivity index (χ0) is 18.5. The van der Waals surface area contributed by atoms with Crippen LogP contribution in [0.4, 0.5) is 0 Å². The average Bonchev–Trinajstić information content (AvgIpc) is 3.44. The molecule has 4 heterocycles. The maximum atomic E-state index is 6.03. The molecule has 28 heavy (non-hydrogen) atoms. The SMILES string of the molecule is c1ccc2sc(Oc3ccc4c(CN5CC6CNCC6C5)c[nH]c4c3)nc2c1. The van der Waals surface area contributed by atoms with Gasteiger partial charge >= 0.3 is 0 Å². The molecular weight excluding hydrogens is 368 g/mol. The fraction of sp³-hybridized carbons (Fsp3) is 0.318. The Labute approximate surface area is 167 Å². The van der Waals surface area contributed by atoms with E-state index in [0.717, 1.165) is 39.9 Å². The lowest BCUT2D eigenvalue weighted by atomic mass is 10.0. The van der Waals surface area contributed by atoms with Crippen molar-refractivity contribution in [3.05, 3.63) is 54.2 Å². The van der Waals surface area contributed by atoms with Gasteiger partial charge in [-0.25, -0.2) is 4.98 Å². The number of thiazole rings is 1. The summed E-state index contributed by atoms with van der Waals surface area (Å²) in [5, 5.41) is 5.49. The highest BCUT2D eigenvalue weighted by Crippen LogP contribution is 2.33. The first-order chi connectivity index (χ1) is 13.8. The minimum atomic E-state index is 0.685. The molecule has 2 aliphatic rings. The number of hydrogen-bond donors (Lipinski definition) is 2. The van der Waals surface area contributed by atoms with Gasteiger partial charge in [0, 0.05) is 42.8 Å². The Kier molecular flexibility index (Phi) is 3.89. The molecule has 0 saturated carbocycles. The standard InChI is InChI=1S/C22H22N4OS/c1-2-4-21-19(3-1)25-22(28-21)27-17-5-6-18-16(10-24-20(18)7-17)13-26-11-14-8-23-9-15(14)12-26/h1-7,10,14-15,23-24H,8-9,11-13H2. The van der Waals surface area contributed by atoms with E-state index in [2.05, 4.69) is 44.6 Å². The van der Waals surface area contributed by atoms with Gasteiger partial charge in [-0.05, 0) is 54.8 Å². The van der Waals surface area contributed by atoms with Crippen LogP contribution in [0.25, 0.3) is 21.1 Å². The predicted octanol–water partition coefficient (Wildman–Crippen LogP) is 4.22. The molecule has 142 valence electrons. The van der Waals surface area contributed by atoms with Crippen molar-refractivity contribution in [1.82, 2.24) is 20.2 Å². The highest BCUT2D eigenvalue weighted by Gasteiger charge is 2.35. The topological polar surface area (TPSA) is 53.2 Å². The number of benzene rings is 2. The number of nitrogens with zero attached hydrogens (tertiary/aromatic N) is 2. The number of likely N-dealkylation sites (tertiary alicyclic amines) is 1. The van der Waals surface area contributed by atoms with E-state index < -0.39 is 0 Å². The zero-order valence-electron chi connectivity index (χ0n) is 15.5. The van der Waals surface area contributed by atoms with Crippen LogP contribution >= 0.6 is 11.3 Å². The summed E-state index contributed by atoms with van der Waals surface area (Å²) in [6.45, 7) is 5.81. The normalized spacial score (nSPS) is 22.3. The number of aromatic nitrogens is 2. The van der Waals surface area contributed by atoms with Gasteiger partial charge in [0.1, 0.15) is 5.75 Å². The fourth-order valence-corrected chi connectivity index (χ4v) is 5.51. The van der Waals surface area contributed by atoms with Crippen molar-refractivity contribution in [3.8, 4) is 10.9 Å². The molecule has 2 fully saturated rings. The van der Waals surface area contributed by atoms with E-state index in [0.29, 0.717) is 5.19 Å². The molecular formula is C22H22N4OS. The van der Waals surface area contributed by atoms with E-state index in [9.17, 15) is 0 Å². The van der Waals surface area contributed by atoms with Crippen molar-refractivity contribution >= 4 is 32.5 Å². The summed E-state index contributed by atoms with van der Waals surface area (Å²) in [7, 11) is 0. The molecule has 4 aromatic rings. The second-order valence-corrected chi connectivity index (χ2v) is 8.94. The van der Waals surface area contributed by atoms with Gasteiger partial charge in [-0.15, -0.1) is 0 Å². The lowest BCUT2D eigenvalue weighted by Gasteiger charge is -2.16. The number of H-pyrrole nitrogens is 1. The van der Waals surface area contributed by atoms with Crippen LogP contribution in [-0.2, 0) is 6.54 Å². The molecule has 0 radical (unpaired) electrons. The molecule has 2 N–H and O–H groups in total. The zero-order valence-corrected chi connectivity index (χ0v) is 16.3. The van der Waals surface area contributed by atoms with Crippen molar-refractivity contribution in [3.63, 3.8) is 0 Å². The Morgan fingerprint density at radius 2 is 1.96 bits per heavy atom. The molecule has 0 aliphatic carbocycles. The fourth-order valence-electron chi connectivity index (χ4n) is 4.68. The Bertz CT molecular complexity index is 1100. The van der Waals surface area contributed by atoms with Gasteiger partial charge in [-0.2, -0.15) is 0 Å². The number of nitrogens with one attached hydrogen (secondary N) is 2. The molecule has 6 heteroatoms. The third-order valence-electron chi connectivity index (χ3n) is 6.08. The number of para-hydroxylation sites is 1. The Balaban J connectivity index is 1.21. The van der Waals surface area contributed by atoms with E-state index in [1.165, 1.54) is 37.1 Å². The van der Waals surface area contributed by atoms with Gasteiger partial charge in [0.15, 0.2) is 0 Å².